The van der Waals surface area contributed by atoms with Gasteiger partial charge in [-0.3, -0.25) is 0 Å². The fourth-order valence-electron chi connectivity index (χ4n) is 2.29. The van der Waals surface area contributed by atoms with E-state index >= 15 is 0 Å². The Morgan fingerprint density at radius 2 is 1.94 bits per heavy atom. The van der Waals surface area contributed by atoms with Crippen molar-refractivity contribution in [1.82, 2.24) is 4.90 Å². The molecule has 1 fully saturated rings. The van der Waals surface area contributed by atoms with E-state index in [1.54, 1.807) is 18.2 Å². The van der Waals surface area contributed by atoms with Crippen LogP contribution in [0.3, 0.4) is 0 Å². The number of nitrogens with zero attached hydrogens (tertiary/aromatic N) is 2. The van der Waals surface area contributed by atoms with Crippen LogP contribution >= 0.6 is 11.6 Å². The van der Waals surface area contributed by atoms with E-state index in [0.29, 0.717) is 16.4 Å². The molecule has 1 aromatic carbocycles. The topological polar surface area (TPSA) is 49.7 Å². The molecule has 0 unspecified atom stereocenters. The first-order chi connectivity index (χ1) is 8.09. The Hall–Kier alpha value is -1.07. The Morgan fingerprint density at radius 3 is 2.65 bits per heavy atom. The zero-order valence-corrected chi connectivity index (χ0v) is 10.6. The summed E-state index contributed by atoms with van der Waals surface area (Å²) < 4.78 is 27.7. The normalized spacial score (nSPS) is 21.5. The number of benzene rings is 1. The van der Waals surface area contributed by atoms with Gasteiger partial charge >= 0.3 is 0 Å². The van der Waals surface area contributed by atoms with Gasteiger partial charge < -0.3 is 4.90 Å². The van der Waals surface area contributed by atoms with Crippen LogP contribution in [0, 0.1) is 0 Å². The number of halogens is 1. The highest BCUT2D eigenvalue weighted by Gasteiger charge is 2.34. The summed E-state index contributed by atoms with van der Waals surface area (Å²) in [6.07, 6.45) is 2.14. The van der Waals surface area contributed by atoms with E-state index in [0.717, 1.165) is 25.9 Å². The van der Waals surface area contributed by atoms with Gasteiger partial charge in [-0.15, -0.1) is 4.40 Å². The monoisotopic (exact) mass is 270 g/mol. The first-order valence-electron chi connectivity index (χ1n) is 5.48. The zero-order chi connectivity index (χ0) is 12.0. The molecular weight excluding hydrogens is 260 g/mol. The van der Waals surface area contributed by atoms with Crippen LogP contribution in [0.4, 0.5) is 0 Å². The molecule has 0 radical (unpaired) electrons. The Kier molecular flexibility index (Phi) is 2.41. The Labute approximate surface area is 105 Å². The summed E-state index contributed by atoms with van der Waals surface area (Å²) >= 11 is 6.10. The maximum atomic E-state index is 11.9. The lowest BCUT2D eigenvalue weighted by Gasteiger charge is -2.17. The minimum absolute atomic E-state index is 0.229. The maximum Gasteiger partial charge on any atom is 0.285 e. The van der Waals surface area contributed by atoms with Gasteiger partial charge in [0.05, 0.1) is 10.6 Å². The van der Waals surface area contributed by atoms with Crippen molar-refractivity contribution in [2.24, 2.45) is 4.40 Å². The van der Waals surface area contributed by atoms with Crippen molar-refractivity contribution in [3.8, 4) is 0 Å². The van der Waals surface area contributed by atoms with Crippen molar-refractivity contribution in [3.05, 3.63) is 28.8 Å². The molecule has 0 atom stereocenters. The number of sulfonamides is 1. The summed E-state index contributed by atoms with van der Waals surface area (Å²) in [5, 5.41) is 0.453. The molecule has 0 N–H and O–H groups in total. The molecule has 0 aliphatic carbocycles. The maximum absolute atomic E-state index is 11.9. The average molecular weight is 271 g/mol. The van der Waals surface area contributed by atoms with E-state index < -0.39 is 10.0 Å². The summed E-state index contributed by atoms with van der Waals surface area (Å²) in [4.78, 5) is 2.22. The number of hydrogen-bond acceptors (Lipinski definition) is 3. The molecule has 17 heavy (non-hydrogen) atoms. The van der Waals surface area contributed by atoms with Gasteiger partial charge in [-0.1, -0.05) is 17.7 Å². The smallest absolute Gasteiger partial charge is 0.285 e. The lowest BCUT2D eigenvalue weighted by Crippen LogP contribution is -2.27. The predicted octanol–water partition coefficient (Wildman–Crippen LogP) is 1.88. The third kappa shape index (κ3) is 1.65. The first-order valence-corrected chi connectivity index (χ1v) is 7.30. The Bertz CT molecular complexity index is 604. The van der Waals surface area contributed by atoms with E-state index in [1.165, 1.54) is 0 Å². The van der Waals surface area contributed by atoms with Gasteiger partial charge in [0.25, 0.3) is 10.0 Å². The van der Waals surface area contributed by atoms with E-state index in [9.17, 15) is 8.42 Å². The highest BCUT2D eigenvalue weighted by Crippen LogP contribution is 2.33. The van der Waals surface area contributed by atoms with Gasteiger partial charge in [-0.05, 0) is 25.0 Å². The second-order valence-corrected chi connectivity index (χ2v) is 6.18. The summed E-state index contributed by atoms with van der Waals surface area (Å²) in [6, 6.07) is 4.90. The van der Waals surface area contributed by atoms with Gasteiger partial charge in [0.2, 0.25) is 0 Å². The number of likely N-dealkylation sites (tertiary alicyclic amines) is 1. The molecule has 0 bridgehead atoms. The van der Waals surface area contributed by atoms with Crippen molar-refractivity contribution in [3.63, 3.8) is 0 Å². The summed E-state index contributed by atoms with van der Waals surface area (Å²) in [5.41, 5.74) is 0.566. The van der Waals surface area contributed by atoms with Crippen molar-refractivity contribution in [2.45, 2.75) is 17.7 Å². The van der Waals surface area contributed by atoms with Crippen LogP contribution in [0.1, 0.15) is 18.4 Å². The molecule has 2 heterocycles. The number of rotatable bonds is 0. The van der Waals surface area contributed by atoms with E-state index in [4.69, 9.17) is 11.6 Å². The molecule has 3 rings (SSSR count). The lowest BCUT2D eigenvalue weighted by atomic mass is 10.2. The van der Waals surface area contributed by atoms with Crippen LogP contribution in [0.25, 0.3) is 0 Å². The Balaban J connectivity index is 2.20. The number of amidine groups is 1. The SMILES string of the molecule is O=S1(=O)N=C(N2CCCC2)c2c(Cl)cccc21. The summed E-state index contributed by atoms with van der Waals surface area (Å²) in [6.45, 7) is 1.69. The van der Waals surface area contributed by atoms with Crippen LogP contribution in [-0.2, 0) is 10.0 Å². The molecule has 2 aliphatic rings. The van der Waals surface area contributed by atoms with Gasteiger partial charge in [0.15, 0.2) is 5.84 Å². The molecule has 0 saturated carbocycles. The van der Waals surface area contributed by atoms with Gasteiger partial charge in [-0.25, -0.2) is 0 Å². The van der Waals surface area contributed by atoms with E-state index in [2.05, 4.69) is 4.40 Å². The Morgan fingerprint density at radius 1 is 1.24 bits per heavy atom. The van der Waals surface area contributed by atoms with Crippen LogP contribution in [0.15, 0.2) is 27.5 Å². The fourth-order valence-corrected chi connectivity index (χ4v) is 3.85. The number of fused-ring (bicyclic) bond motifs is 1. The summed E-state index contributed by atoms with van der Waals surface area (Å²) in [5.74, 6) is 0.517. The summed E-state index contributed by atoms with van der Waals surface area (Å²) in [7, 11) is -3.55. The first kappa shape index (κ1) is 11.0. The van der Waals surface area contributed by atoms with Crippen molar-refractivity contribution >= 4 is 27.5 Å². The molecule has 0 amide bonds. The molecule has 4 nitrogen and oxygen atoms in total. The highest BCUT2D eigenvalue weighted by atomic mass is 35.5. The predicted molar refractivity (Wildman–Crippen MR) is 66.0 cm³/mol. The quantitative estimate of drug-likeness (QED) is 0.723. The standard InChI is InChI=1S/C11H11ClN2O2S/c12-8-4-3-5-9-10(8)11(13-17(9,15)16)14-6-1-2-7-14/h3-5H,1-2,6-7H2. The van der Waals surface area contributed by atoms with Gasteiger partial charge in [0.1, 0.15) is 4.90 Å². The number of hydrogen-bond donors (Lipinski definition) is 0. The van der Waals surface area contributed by atoms with Crippen LogP contribution in [0.5, 0.6) is 0 Å². The molecule has 0 spiro atoms. The van der Waals surface area contributed by atoms with Crippen LogP contribution < -0.4 is 0 Å². The van der Waals surface area contributed by atoms with Gasteiger partial charge in [0, 0.05) is 13.1 Å². The second-order valence-electron chi connectivity index (χ2n) is 4.20. The molecule has 0 aromatic heterocycles. The minimum Gasteiger partial charge on any atom is -0.355 e. The zero-order valence-electron chi connectivity index (χ0n) is 9.06. The van der Waals surface area contributed by atoms with E-state index in [1.807, 2.05) is 4.90 Å². The van der Waals surface area contributed by atoms with E-state index in [-0.39, 0.29) is 4.90 Å². The third-order valence-corrected chi connectivity index (χ3v) is 4.71. The van der Waals surface area contributed by atoms with Gasteiger partial charge in [-0.2, -0.15) is 8.42 Å². The average Bonchev–Trinajstić information content (AvgIpc) is 2.86. The molecule has 1 aromatic rings. The van der Waals surface area contributed by atoms with Crippen LogP contribution in [0.2, 0.25) is 5.02 Å². The lowest BCUT2D eigenvalue weighted by molar-refractivity contribution is 0.521. The third-order valence-electron chi connectivity index (χ3n) is 3.09. The highest BCUT2D eigenvalue weighted by molar-refractivity contribution is 7.90. The fraction of sp³-hybridized carbons (Fsp3) is 0.364. The molecule has 2 aliphatic heterocycles. The van der Waals surface area contributed by atoms with Crippen LogP contribution in [-0.4, -0.2) is 32.2 Å². The largest absolute Gasteiger partial charge is 0.355 e. The van der Waals surface area contributed by atoms with Crippen molar-refractivity contribution < 1.29 is 8.42 Å². The van der Waals surface area contributed by atoms with Crippen molar-refractivity contribution in [2.75, 3.05) is 13.1 Å². The second kappa shape index (κ2) is 3.71. The van der Waals surface area contributed by atoms with Crippen molar-refractivity contribution in [1.29, 1.82) is 0 Å². The molecule has 6 heteroatoms. The molecular formula is C11H11ClN2O2S. The molecule has 1 saturated heterocycles. The minimum atomic E-state index is -3.55. The molecule has 90 valence electrons.